The number of alkyl carbamates (subject to hydrolysis) is 3. The summed E-state index contributed by atoms with van der Waals surface area (Å²) >= 11 is 0. The first kappa shape index (κ1) is 48.8. The molecule has 350 valence electrons. The second kappa shape index (κ2) is 24.6. The molecule has 0 aromatic heterocycles. The zero-order chi connectivity index (χ0) is 47.5. The summed E-state index contributed by atoms with van der Waals surface area (Å²) in [5, 5.41) is 29.1. The third-order valence-corrected chi connectivity index (χ3v) is 11.6. The highest BCUT2D eigenvalue weighted by Crippen LogP contribution is 2.45. The van der Waals surface area contributed by atoms with Gasteiger partial charge in [0.1, 0.15) is 31.9 Å². The van der Waals surface area contributed by atoms with E-state index in [0.29, 0.717) is 38.8 Å². The van der Waals surface area contributed by atoms with Crippen molar-refractivity contribution in [3.63, 3.8) is 0 Å². The van der Waals surface area contributed by atoms with Crippen LogP contribution in [-0.2, 0) is 35.2 Å². The van der Waals surface area contributed by atoms with Crippen LogP contribution in [0.4, 0.5) is 14.4 Å². The second-order valence-corrected chi connectivity index (χ2v) is 16.2. The predicted octanol–water partition coefficient (Wildman–Crippen LogP) is 8.36. The van der Waals surface area contributed by atoms with Crippen LogP contribution in [0.5, 0.6) is 0 Å². The van der Waals surface area contributed by atoms with E-state index in [1.54, 1.807) is 0 Å². The van der Waals surface area contributed by atoms with Gasteiger partial charge in [-0.05, 0) is 88.6 Å². The largest absolute Gasteiger partial charge is 0.480 e. The van der Waals surface area contributed by atoms with E-state index in [2.05, 4.69) is 33.4 Å². The van der Waals surface area contributed by atoms with Crippen LogP contribution in [0.25, 0.3) is 22.3 Å². The Kier molecular flexibility index (Phi) is 17.9. The van der Waals surface area contributed by atoms with Gasteiger partial charge in [-0.15, -0.1) is 0 Å². The molecule has 0 saturated heterocycles. The minimum absolute atomic E-state index is 0.0796. The fraction of sp³-hybridized carbons (Fsp3) is 0.308. The monoisotopic (exact) mass is 912 g/mol. The summed E-state index contributed by atoms with van der Waals surface area (Å²) in [5.41, 5.74) is 9.75. The molecule has 0 bridgehead atoms. The fourth-order valence-corrected chi connectivity index (χ4v) is 8.26. The maximum absolute atomic E-state index is 12.4. The van der Waals surface area contributed by atoms with Crippen LogP contribution in [0.2, 0.25) is 0 Å². The Morgan fingerprint density at radius 3 is 1.24 bits per heavy atom. The van der Waals surface area contributed by atoms with Gasteiger partial charge in [-0.3, -0.25) is 4.79 Å². The Morgan fingerprint density at radius 1 is 0.478 bits per heavy atom. The minimum Gasteiger partial charge on any atom is -0.480 e. The van der Waals surface area contributed by atoms with Crippen molar-refractivity contribution in [3.05, 3.63) is 155 Å². The number of carboxylic acids is 2. The van der Waals surface area contributed by atoms with Crippen LogP contribution in [0.3, 0.4) is 0 Å². The van der Waals surface area contributed by atoms with E-state index < -0.39 is 42.3 Å². The molecule has 7 rings (SSSR count). The number of unbranched alkanes of at least 4 members (excludes halogenated alkanes) is 2. The number of hydrogen-bond acceptors (Lipinski definition) is 9. The maximum atomic E-state index is 12.4. The van der Waals surface area contributed by atoms with Gasteiger partial charge in [0.05, 0.1) is 0 Å². The molecule has 0 saturated carbocycles. The molecule has 0 unspecified atom stereocenters. The van der Waals surface area contributed by atoms with E-state index in [1.165, 1.54) is 6.92 Å². The van der Waals surface area contributed by atoms with Gasteiger partial charge in [-0.2, -0.15) is 0 Å². The molecule has 6 N–H and O–H groups in total. The van der Waals surface area contributed by atoms with Crippen molar-refractivity contribution in [2.45, 2.75) is 76.0 Å². The Hall–Kier alpha value is -7.68. The number of rotatable bonds is 20. The molecule has 0 aliphatic heterocycles. The van der Waals surface area contributed by atoms with Gasteiger partial charge in [0, 0.05) is 31.8 Å². The highest BCUT2D eigenvalue weighted by Gasteiger charge is 2.31. The molecule has 2 aliphatic carbocycles. The number of fused-ring (bicyclic) bond motifs is 6. The summed E-state index contributed by atoms with van der Waals surface area (Å²) in [4.78, 5) is 70.5. The van der Waals surface area contributed by atoms with E-state index in [9.17, 15) is 39.0 Å². The van der Waals surface area contributed by atoms with E-state index in [0.717, 1.165) is 50.1 Å². The normalized spacial score (nSPS) is 12.9. The lowest BCUT2D eigenvalue weighted by molar-refractivity contribution is -0.140. The van der Waals surface area contributed by atoms with Crippen molar-refractivity contribution in [2.75, 3.05) is 26.3 Å². The zero-order valence-corrected chi connectivity index (χ0v) is 37.3. The molecule has 0 fully saturated rings. The predicted molar refractivity (Wildman–Crippen MR) is 250 cm³/mol. The zero-order valence-electron chi connectivity index (χ0n) is 37.3. The lowest BCUT2D eigenvalue weighted by Crippen LogP contribution is -2.41. The molecule has 5 aromatic rings. The average Bonchev–Trinajstić information content (AvgIpc) is 3.83. The standard InChI is InChI=1S/C29H30N2O6.C23H26N2O5/c32-27(33)26(16-8-9-17-30-28(34)36-18-20-10-2-1-3-11-20)31-29(35)37-19-25-23-14-6-4-12-21(23)22-13-5-7-15-24(22)25;1-15(26)24-13-7-6-12-21(22(27)28)25-23(29)30-14-20-18-10-4-2-8-16(18)17-9-3-5-11-19(17)20/h1-7,10-15,25-26H,8-9,16-19H2,(H,30,34)(H,31,35)(H,32,33);2-5,8-11,20-21H,6-7,12-14H2,1H3,(H,24,26)(H,25,29)(H,27,28)/t26-;21-/m00/s1. The van der Waals surface area contributed by atoms with E-state index in [4.69, 9.17) is 14.2 Å². The molecular formula is C52H56N4O11. The van der Waals surface area contributed by atoms with Crippen molar-refractivity contribution >= 4 is 36.1 Å². The Morgan fingerprint density at radius 2 is 0.851 bits per heavy atom. The summed E-state index contributed by atoms with van der Waals surface area (Å²) in [6.07, 6.45) is 0.644. The van der Waals surface area contributed by atoms with Gasteiger partial charge < -0.3 is 45.7 Å². The van der Waals surface area contributed by atoms with Crippen LogP contribution < -0.4 is 21.3 Å². The fourth-order valence-electron chi connectivity index (χ4n) is 8.26. The van der Waals surface area contributed by atoms with Crippen LogP contribution in [-0.4, -0.2) is 84.7 Å². The first-order chi connectivity index (χ1) is 32.5. The summed E-state index contributed by atoms with van der Waals surface area (Å²) in [6, 6.07) is 39.3. The number of ether oxygens (including phenoxy) is 3. The van der Waals surface area contributed by atoms with E-state index >= 15 is 0 Å². The number of aliphatic carboxylic acids is 2. The van der Waals surface area contributed by atoms with Crippen LogP contribution in [0.1, 0.15) is 85.1 Å². The van der Waals surface area contributed by atoms with Crippen LogP contribution in [0.15, 0.2) is 127 Å². The summed E-state index contributed by atoms with van der Waals surface area (Å²) in [6.45, 7) is 2.67. The number of amides is 4. The third kappa shape index (κ3) is 13.9. The van der Waals surface area contributed by atoms with E-state index in [1.807, 2.05) is 115 Å². The van der Waals surface area contributed by atoms with Crippen molar-refractivity contribution < 1.29 is 53.2 Å². The molecule has 0 spiro atoms. The highest BCUT2D eigenvalue weighted by molar-refractivity contribution is 5.82. The number of nitrogens with one attached hydrogen (secondary N) is 4. The number of benzene rings is 5. The lowest BCUT2D eigenvalue weighted by atomic mass is 9.98. The quantitative estimate of drug-likeness (QED) is 0.0322. The smallest absolute Gasteiger partial charge is 0.407 e. The number of carbonyl (C=O) groups is 6. The molecule has 4 amide bonds. The Balaban J connectivity index is 0.000000226. The summed E-state index contributed by atoms with van der Waals surface area (Å²) in [5.74, 6) is -2.55. The van der Waals surface area contributed by atoms with Gasteiger partial charge in [0.2, 0.25) is 5.91 Å². The number of carboxylic acid groups (broad SMARTS) is 2. The van der Waals surface area contributed by atoms with Gasteiger partial charge in [0.25, 0.3) is 0 Å². The van der Waals surface area contributed by atoms with Gasteiger partial charge in [-0.1, -0.05) is 127 Å². The van der Waals surface area contributed by atoms with Gasteiger partial charge in [-0.25, -0.2) is 24.0 Å². The molecule has 5 aromatic carbocycles. The van der Waals surface area contributed by atoms with Crippen molar-refractivity contribution in [1.29, 1.82) is 0 Å². The molecule has 15 nitrogen and oxygen atoms in total. The SMILES string of the molecule is CC(=O)NCCCC[C@H](NC(=O)OCC1c2ccccc2-c2ccccc21)C(=O)O.O=C(NCCCC[C@H](NC(=O)OCC1c2ccccc2-c2ccccc21)C(=O)O)OCc1ccccc1. The lowest BCUT2D eigenvalue weighted by Gasteiger charge is -2.17. The molecular weight excluding hydrogens is 857 g/mol. The average molecular weight is 913 g/mol. The topological polar surface area (TPSA) is 219 Å². The molecule has 67 heavy (non-hydrogen) atoms. The van der Waals surface area contributed by atoms with Crippen LogP contribution >= 0.6 is 0 Å². The molecule has 15 heteroatoms. The van der Waals surface area contributed by atoms with Crippen molar-refractivity contribution in [3.8, 4) is 22.3 Å². The number of carbonyl (C=O) groups excluding carboxylic acids is 4. The minimum atomic E-state index is -1.14. The summed E-state index contributed by atoms with van der Waals surface area (Å²) < 4.78 is 16.0. The van der Waals surface area contributed by atoms with Gasteiger partial charge >= 0.3 is 30.2 Å². The summed E-state index contributed by atoms with van der Waals surface area (Å²) in [7, 11) is 0. The molecule has 0 heterocycles. The van der Waals surface area contributed by atoms with Crippen LogP contribution in [0, 0.1) is 0 Å². The maximum Gasteiger partial charge on any atom is 0.407 e. The highest BCUT2D eigenvalue weighted by atomic mass is 16.6. The van der Waals surface area contributed by atoms with Crippen molar-refractivity contribution in [1.82, 2.24) is 21.3 Å². The molecule has 0 radical (unpaired) electrons. The first-order valence-electron chi connectivity index (χ1n) is 22.4. The number of hydrogen-bond donors (Lipinski definition) is 6. The van der Waals surface area contributed by atoms with E-state index in [-0.39, 0.29) is 50.4 Å². The Labute approximate surface area is 389 Å². The third-order valence-electron chi connectivity index (χ3n) is 11.6. The second-order valence-electron chi connectivity index (χ2n) is 16.2. The molecule has 2 aliphatic rings. The van der Waals surface area contributed by atoms with Crippen molar-refractivity contribution in [2.24, 2.45) is 0 Å². The Bertz CT molecular complexity index is 2410. The van der Waals surface area contributed by atoms with Gasteiger partial charge in [0.15, 0.2) is 0 Å². The molecule has 2 atom stereocenters. The first-order valence-corrected chi connectivity index (χ1v) is 22.4.